The molecule has 1 aromatic rings. The summed E-state index contributed by atoms with van der Waals surface area (Å²) in [4.78, 5) is 2.45. The lowest BCUT2D eigenvalue weighted by Crippen LogP contribution is -2.28. The zero-order valence-corrected chi connectivity index (χ0v) is 12.2. The summed E-state index contributed by atoms with van der Waals surface area (Å²) in [6.07, 6.45) is 2.86. The molecule has 1 fully saturated rings. The van der Waals surface area contributed by atoms with Gasteiger partial charge in [-0.3, -0.25) is 4.90 Å². The topological polar surface area (TPSA) is 49.5 Å². The monoisotopic (exact) mass is 262 g/mol. The van der Waals surface area contributed by atoms with Crippen molar-refractivity contribution in [2.24, 2.45) is 5.73 Å². The van der Waals surface area contributed by atoms with E-state index in [-0.39, 0.29) is 0 Å². The lowest BCUT2D eigenvalue weighted by molar-refractivity contribution is 0.0444. The minimum Gasteiger partial charge on any atom is -0.390 e. The Labute approximate surface area is 116 Å². The van der Waals surface area contributed by atoms with Crippen LogP contribution in [-0.2, 0) is 13.1 Å². The van der Waals surface area contributed by atoms with Crippen LogP contribution in [-0.4, -0.2) is 28.7 Å². The van der Waals surface area contributed by atoms with Crippen molar-refractivity contribution in [1.29, 1.82) is 0 Å². The van der Waals surface area contributed by atoms with E-state index in [2.05, 4.69) is 30.0 Å². The number of nitrogens with two attached hydrogens (primary N) is 1. The lowest BCUT2D eigenvalue weighted by atomic mass is 9.98. The van der Waals surface area contributed by atoms with Crippen LogP contribution in [0.5, 0.6) is 0 Å². The molecular formula is C16H26N2O. The second kappa shape index (κ2) is 6.04. The number of aryl methyl sites for hydroxylation is 1. The minimum absolute atomic E-state index is 0.479. The fourth-order valence-corrected chi connectivity index (χ4v) is 2.78. The molecule has 19 heavy (non-hydrogen) atoms. The predicted molar refractivity (Wildman–Crippen MR) is 78.8 cm³/mol. The smallest absolute Gasteiger partial charge is 0.0632 e. The Morgan fingerprint density at radius 2 is 2.11 bits per heavy atom. The number of nitrogens with zero attached hydrogens (tertiary/aromatic N) is 1. The number of aliphatic hydroxyl groups is 1. The summed E-state index contributed by atoms with van der Waals surface area (Å²) in [5, 5.41) is 10.1. The number of rotatable bonds is 3. The van der Waals surface area contributed by atoms with Crippen molar-refractivity contribution in [3.8, 4) is 0 Å². The van der Waals surface area contributed by atoms with Crippen molar-refractivity contribution >= 4 is 0 Å². The maximum absolute atomic E-state index is 10.1. The van der Waals surface area contributed by atoms with Crippen LogP contribution in [0.1, 0.15) is 42.9 Å². The van der Waals surface area contributed by atoms with Crippen molar-refractivity contribution in [3.05, 3.63) is 34.9 Å². The van der Waals surface area contributed by atoms with Gasteiger partial charge >= 0.3 is 0 Å². The highest BCUT2D eigenvalue weighted by Crippen LogP contribution is 2.23. The molecule has 0 radical (unpaired) electrons. The molecule has 3 N–H and O–H groups in total. The molecule has 1 aliphatic rings. The first-order valence-corrected chi connectivity index (χ1v) is 7.23. The van der Waals surface area contributed by atoms with E-state index in [0.717, 1.165) is 38.9 Å². The van der Waals surface area contributed by atoms with E-state index in [4.69, 9.17) is 5.73 Å². The summed E-state index contributed by atoms with van der Waals surface area (Å²) in [6.45, 7) is 7.75. The Morgan fingerprint density at radius 3 is 2.79 bits per heavy atom. The first kappa shape index (κ1) is 14.5. The summed E-state index contributed by atoms with van der Waals surface area (Å²) < 4.78 is 0. The minimum atomic E-state index is -0.479. The van der Waals surface area contributed by atoms with Crippen LogP contribution in [0.4, 0.5) is 0 Å². The average Bonchev–Trinajstić information content (AvgIpc) is 2.53. The second-order valence-electron chi connectivity index (χ2n) is 6.09. The van der Waals surface area contributed by atoms with Gasteiger partial charge in [-0.25, -0.2) is 0 Å². The SMILES string of the molecule is Cc1cc(CN)ccc1CN1CCCC(C)(O)CC1. The molecule has 1 atom stereocenters. The van der Waals surface area contributed by atoms with E-state index in [0.29, 0.717) is 6.54 Å². The van der Waals surface area contributed by atoms with Crippen LogP contribution in [0, 0.1) is 6.92 Å². The molecule has 0 spiro atoms. The molecule has 0 bridgehead atoms. The van der Waals surface area contributed by atoms with Gasteiger partial charge in [-0.05, 0) is 56.3 Å². The quantitative estimate of drug-likeness (QED) is 0.878. The maximum atomic E-state index is 10.1. The summed E-state index contributed by atoms with van der Waals surface area (Å²) in [7, 11) is 0. The Kier molecular flexibility index (Phi) is 4.61. The van der Waals surface area contributed by atoms with Crippen LogP contribution in [0.2, 0.25) is 0 Å². The molecule has 3 nitrogen and oxygen atoms in total. The molecule has 0 aromatic heterocycles. The van der Waals surface area contributed by atoms with E-state index in [9.17, 15) is 5.11 Å². The molecule has 3 heteroatoms. The number of benzene rings is 1. The first-order chi connectivity index (χ1) is 9.00. The van der Waals surface area contributed by atoms with E-state index in [1.54, 1.807) is 0 Å². The van der Waals surface area contributed by atoms with Gasteiger partial charge < -0.3 is 10.8 Å². The standard InChI is InChI=1S/C16H26N2O/c1-13-10-14(11-17)4-5-15(13)12-18-8-3-6-16(2,19)7-9-18/h4-5,10,19H,3,6-9,11-12,17H2,1-2H3. The van der Waals surface area contributed by atoms with E-state index >= 15 is 0 Å². The summed E-state index contributed by atoms with van der Waals surface area (Å²) >= 11 is 0. The van der Waals surface area contributed by atoms with Gasteiger partial charge in [-0.15, -0.1) is 0 Å². The third-order valence-corrected chi connectivity index (χ3v) is 4.19. The fourth-order valence-electron chi connectivity index (χ4n) is 2.78. The van der Waals surface area contributed by atoms with Crippen molar-refractivity contribution in [2.45, 2.75) is 51.8 Å². The third-order valence-electron chi connectivity index (χ3n) is 4.19. The van der Waals surface area contributed by atoms with Gasteiger partial charge in [0.2, 0.25) is 0 Å². The molecule has 0 aliphatic carbocycles. The normalized spacial score (nSPS) is 25.3. The molecule has 0 amide bonds. The summed E-state index contributed by atoms with van der Waals surface area (Å²) in [6, 6.07) is 6.50. The number of hydrogen-bond acceptors (Lipinski definition) is 3. The predicted octanol–water partition coefficient (Wildman–Crippen LogP) is 2.19. The molecule has 106 valence electrons. The van der Waals surface area contributed by atoms with Gasteiger partial charge in [0, 0.05) is 19.6 Å². The highest BCUT2D eigenvalue weighted by atomic mass is 16.3. The Bertz CT molecular complexity index is 429. The molecule has 0 saturated carbocycles. The van der Waals surface area contributed by atoms with Crippen LogP contribution in [0.15, 0.2) is 18.2 Å². The van der Waals surface area contributed by atoms with Crippen LogP contribution >= 0.6 is 0 Å². The van der Waals surface area contributed by atoms with Gasteiger partial charge in [-0.1, -0.05) is 18.2 Å². The third kappa shape index (κ3) is 4.03. The zero-order valence-electron chi connectivity index (χ0n) is 12.2. The summed E-state index contributed by atoms with van der Waals surface area (Å²) in [5.74, 6) is 0. The molecule has 1 aromatic carbocycles. The molecular weight excluding hydrogens is 236 g/mol. The second-order valence-corrected chi connectivity index (χ2v) is 6.09. The Morgan fingerprint density at radius 1 is 1.32 bits per heavy atom. The molecule has 1 unspecified atom stereocenters. The van der Waals surface area contributed by atoms with Gasteiger partial charge in [0.05, 0.1) is 5.60 Å². The zero-order chi connectivity index (χ0) is 13.9. The average molecular weight is 262 g/mol. The Balaban J connectivity index is 2.01. The van der Waals surface area contributed by atoms with Crippen LogP contribution in [0.25, 0.3) is 0 Å². The molecule has 1 heterocycles. The van der Waals surface area contributed by atoms with Crippen LogP contribution in [0.3, 0.4) is 0 Å². The fraction of sp³-hybridized carbons (Fsp3) is 0.625. The van der Waals surface area contributed by atoms with E-state index in [1.165, 1.54) is 16.7 Å². The first-order valence-electron chi connectivity index (χ1n) is 7.23. The highest BCUT2D eigenvalue weighted by Gasteiger charge is 2.24. The van der Waals surface area contributed by atoms with Gasteiger partial charge in [0.25, 0.3) is 0 Å². The maximum Gasteiger partial charge on any atom is 0.0632 e. The van der Waals surface area contributed by atoms with Crippen molar-refractivity contribution < 1.29 is 5.11 Å². The summed E-state index contributed by atoms with van der Waals surface area (Å²) in [5.41, 5.74) is 9.07. The van der Waals surface area contributed by atoms with Crippen molar-refractivity contribution in [2.75, 3.05) is 13.1 Å². The van der Waals surface area contributed by atoms with Gasteiger partial charge in [-0.2, -0.15) is 0 Å². The van der Waals surface area contributed by atoms with E-state index in [1.807, 2.05) is 6.92 Å². The molecule has 1 saturated heterocycles. The highest BCUT2D eigenvalue weighted by molar-refractivity contribution is 5.31. The van der Waals surface area contributed by atoms with Gasteiger partial charge in [0.15, 0.2) is 0 Å². The Hall–Kier alpha value is -0.900. The molecule has 2 rings (SSSR count). The van der Waals surface area contributed by atoms with Crippen molar-refractivity contribution in [1.82, 2.24) is 4.90 Å². The van der Waals surface area contributed by atoms with Crippen molar-refractivity contribution in [3.63, 3.8) is 0 Å². The number of hydrogen-bond donors (Lipinski definition) is 2. The molecule has 1 aliphatic heterocycles. The van der Waals surface area contributed by atoms with E-state index < -0.39 is 5.60 Å². The number of likely N-dealkylation sites (tertiary alicyclic amines) is 1. The lowest BCUT2D eigenvalue weighted by Gasteiger charge is -2.23. The largest absolute Gasteiger partial charge is 0.390 e. The van der Waals surface area contributed by atoms with Crippen LogP contribution < -0.4 is 5.73 Å². The van der Waals surface area contributed by atoms with Gasteiger partial charge in [0.1, 0.15) is 0 Å².